The highest BCUT2D eigenvalue weighted by Crippen LogP contribution is 2.16. The Bertz CT molecular complexity index is 1440. The van der Waals surface area contributed by atoms with E-state index in [9.17, 15) is 14.4 Å². The summed E-state index contributed by atoms with van der Waals surface area (Å²) < 4.78 is 16.8. The Morgan fingerprint density at radius 1 is 0.288 bits per heavy atom. The number of carbonyl (C=O) groups excluding carboxylic acids is 3. The molecule has 0 aromatic carbocycles. The van der Waals surface area contributed by atoms with Gasteiger partial charge in [0.05, 0.1) is 0 Å². The van der Waals surface area contributed by atoms with Crippen molar-refractivity contribution in [2.24, 2.45) is 0 Å². The summed E-state index contributed by atoms with van der Waals surface area (Å²) in [5.41, 5.74) is 0. The van der Waals surface area contributed by atoms with Crippen LogP contribution in [0.3, 0.4) is 0 Å². The van der Waals surface area contributed by atoms with E-state index in [1.807, 2.05) is 0 Å². The zero-order valence-electron chi connectivity index (χ0n) is 47.9. The van der Waals surface area contributed by atoms with Gasteiger partial charge in [-0.15, -0.1) is 0 Å². The summed E-state index contributed by atoms with van der Waals surface area (Å²) in [4.78, 5) is 38.0. The first-order valence-corrected chi connectivity index (χ1v) is 30.7. The van der Waals surface area contributed by atoms with Crippen LogP contribution in [0.5, 0.6) is 0 Å². The number of ether oxygens (including phenoxy) is 3. The van der Waals surface area contributed by atoms with E-state index in [-0.39, 0.29) is 31.1 Å². The molecule has 1 unspecified atom stereocenters. The Labute approximate surface area is 451 Å². The van der Waals surface area contributed by atoms with Crippen molar-refractivity contribution in [3.8, 4) is 0 Å². The van der Waals surface area contributed by atoms with Crippen molar-refractivity contribution in [3.63, 3.8) is 0 Å². The van der Waals surface area contributed by atoms with Gasteiger partial charge in [-0.3, -0.25) is 14.4 Å². The molecule has 418 valence electrons. The smallest absolute Gasteiger partial charge is 0.306 e. The average molecular weight is 1020 g/mol. The standard InChI is InChI=1S/C67H114O6/c1-4-7-10-13-16-18-20-22-24-26-27-28-29-30-31-32-33-34-35-36-37-38-39-41-42-44-46-48-51-54-57-60-66(69)72-63-64(62-71-65(68)59-56-53-50-15-12-9-6-3)73-67(70)61-58-55-52-49-47-45-43-40-25-23-21-19-17-14-11-8-5-2/h7-8,10-11,16-19,22-25,27-28,30-31,64H,4-6,9,12-15,20-21,26,29,32-63H2,1-3H3/b10-7-,11-8-,18-16-,19-17-,24-22-,25-23-,28-27-,31-30-. The van der Waals surface area contributed by atoms with Crippen molar-refractivity contribution in [2.45, 2.75) is 297 Å². The molecule has 0 aliphatic heterocycles. The second-order valence-corrected chi connectivity index (χ2v) is 20.2. The van der Waals surface area contributed by atoms with Gasteiger partial charge in [0.2, 0.25) is 0 Å². The highest BCUT2D eigenvalue weighted by atomic mass is 16.6. The summed E-state index contributed by atoms with van der Waals surface area (Å²) in [5, 5.41) is 0. The number of carbonyl (C=O) groups is 3. The molecule has 0 rings (SSSR count). The molecule has 0 aliphatic rings. The maximum atomic E-state index is 12.8. The third-order valence-electron chi connectivity index (χ3n) is 13.1. The van der Waals surface area contributed by atoms with E-state index in [0.29, 0.717) is 19.3 Å². The van der Waals surface area contributed by atoms with Crippen LogP contribution < -0.4 is 0 Å². The minimum atomic E-state index is -0.779. The van der Waals surface area contributed by atoms with E-state index in [1.54, 1.807) is 0 Å². The second-order valence-electron chi connectivity index (χ2n) is 20.2. The van der Waals surface area contributed by atoms with E-state index in [1.165, 1.54) is 135 Å². The molecule has 0 saturated carbocycles. The van der Waals surface area contributed by atoms with Crippen LogP contribution in [0.25, 0.3) is 0 Å². The normalized spacial score (nSPS) is 12.8. The molecule has 0 aromatic rings. The third kappa shape index (κ3) is 59.1. The van der Waals surface area contributed by atoms with E-state index in [2.05, 4.69) is 118 Å². The quantitative estimate of drug-likeness (QED) is 0.0261. The Morgan fingerprint density at radius 2 is 0.534 bits per heavy atom. The van der Waals surface area contributed by atoms with Gasteiger partial charge in [-0.05, 0) is 96.3 Å². The summed E-state index contributed by atoms with van der Waals surface area (Å²) in [7, 11) is 0. The first-order valence-electron chi connectivity index (χ1n) is 30.7. The molecule has 0 aliphatic carbocycles. The Kier molecular flexibility index (Phi) is 57.8. The Balaban J connectivity index is 4.08. The number of hydrogen-bond acceptors (Lipinski definition) is 6. The highest BCUT2D eigenvalue weighted by molar-refractivity contribution is 5.71. The van der Waals surface area contributed by atoms with E-state index >= 15 is 0 Å². The molecular formula is C67H114O6. The van der Waals surface area contributed by atoms with Crippen LogP contribution in [0.4, 0.5) is 0 Å². The molecule has 73 heavy (non-hydrogen) atoms. The van der Waals surface area contributed by atoms with E-state index < -0.39 is 6.10 Å². The molecule has 6 heteroatoms. The Morgan fingerprint density at radius 3 is 0.836 bits per heavy atom. The van der Waals surface area contributed by atoms with Crippen molar-refractivity contribution in [2.75, 3.05) is 13.2 Å². The fourth-order valence-electron chi connectivity index (χ4n) is 8.54. The van der Waals surface area contributed by atoms with Gasteiger partial charge in [0.25, 0.3) is 0 Å². The lowest BCUT2D eigenvalue weighted by Gasteiger charge is -2.18. The third-order valence-corrected chi connectivity index (χ3v) is 13.1. The largest absolute Gasteiger partial charge is 0.462 e. The van der Waals surface area contributed by atoms with Crippen LogP contribution in [0.15, 0.2) is 97.2 Å². The maximum absolute atomic E-state index is 12.8. The van der Waals surface area contributed by atoms with Gasteiger partial charge in [0.1, 0.15) is 13.2 Å². The fraction of sp³-hybridized carbons (Fsp3) is 0.716. The number of allylic oxidation sites excluding steroid dienone is 16. The van der Waals surface area contributed by atoms with Crippen molar-refractivity contribution in [1.29, 1.82) is 0 Å². The molecule has 0 spiro atoms. The summed E-state index contributed by atoms with van der Waals surface area (Å²) >= 11 is 0. The molecule has 0 bridgehead atoms. The minimum absolute atomic E-state index is 0.0790. The van der Waals surface area contributed by atoms with Crippen molar-refractivity contribution >= 4 is 17.9 Å². The summed E-state index contributed by atoms with van der Waals surface area (Å²) in [5.74, 6) is -0.889. The average Bonchev–Trinajstić information content (AvgIpc) is 3.39. The Hall–Kier alpha value is -3.67. The lowest BCUT2D eigenvalue weighted by Crippen LogP contribution is -2.30. The van der Waals surface area contributed by atoms with Crippen LogP contribution >= 0.6 is 0 Å². The fourth-order valence-corrected chi connectivity index (χ4v) is 8.54. The summed E-state index contributed by atoms with van der Waals surface area (Å²) in [6.07, 6.45) is 81.5. The van der Waals surface area contributed by atoms with E-state index in [4.69, 9.17) is 14.2 Å². The monoisotopic (exact) mass is 1010 g/mol. The van der Waals surface area contributed by atoms with Crippen LogP contribution in [0, 0.1) is 0 Å². The van der Waals surface area contributed by atoms with Crippen LogP contribution in [-0.2, 0) is 28.6 Å². The van der Waals surface area contributed by atoms with Gasteiger partial charge >= 0.3 is 17.9 Å². The summed E-state index contributed by atoms with van der Waals surface area (Å²) in [6.45, 7) is 6.38. The zero-order valence-corrected chi connectivity index (χ0v) is 47.9. The molecule has 6 nitrogen and oxygen atoms in total. The lowest BCUT2D eigenvalue weighted by molar-refractivity contribution is -0.167. The SMILES string of the molecule is CC/C=C\C/C=C\C/C=C\C/C=C\C/C=C\CCCCCCCCCCCCCCCCCC(=O)OCC(COC(=O)CCCCCCCCC)OC(=O)CCCCCCCCC/C=C\C/C=C\C/C=C\CC. The molecule has 0 saturated heterocycles. The maximum Gasteiger partial charge on any atom is 0.306 e. The summed E-state index contributed by atoms with van der Waals surface area (Å²) in [6, 6.07) is 0. The van der Waals surface area contributed by atoms with Crippen molar-refractivity contribution in [1.82, 2.24) is 0 Å². The predicted molar refractivity (Wildman–Crippen MR) is 316 cm³/mol. The van der Waals surface area contributed by atoms with Crippen molar-refractivity contribution < 1.29 is 28.6 Å². The van der Waals surface area contributed by atoms with Gasteiger partial charge in [0.15, 0.2) is 6.10 Å². The number of hydrogen-bond donors (Lipinski definition) is 0. The molecular weight excluding hydrogens is 901 g/mol. The van der Waals surface area contributed by atoms with Gasteiger partial charge in [-0.2, -0.15) is 0 Å². The van der Waals surface area contributed by atoms with Crippen LogP contribution in [0.2, 0.25) is 0 Å². The second kappa shape index (κ2) is 60.9. The van der Waals surface area contributed by atoms with Gasteiger partial charge in [0, 0.05) is 19.3 Å². The first kappa shape index (κ1) is 69.3. The van der Waals surface area contributed by atoms with Gasteiger partial charge in [-0.1, -0.05) is 272 Å². The molecule has 1 atom stereocenters. The molecule has 0 amide bonds. The van der Waals surface area contributed by atoms with Gasteiger partial charge in [-0.25, -0.2) is 0 Å². The van der Waals surface area contributed by atoms with Crippen molar-refractivity contribution in [3.05, 3.63) is 97.2 Å². The number of esters is 3. The van der Waals surface area contributed by atoms with Crippen LogP contribution in [-0.4, -0.2) is 37.2 Å². The van der Waals surface area contributed by atoms with Gasteiger partial charge < -0.3 is 14.2 Å². The topological polar surface area (TPSA) is 78.9 Å². The number of unbranched alkanes of at least 4 members (excludes halogenated alkanes) is 28. The first-order chi connectivity index (χ1) is 36.0. The molecule has 0 radical (unpaired) electrons. The molecule has 0 N–H and O–H groups in total. The molecule has 0 fully saturated rings. The number of rotatable bonds is 55. The lowest BCUT2D eigenvalue weighted by atomic mass is 10.0. The molecule has 0 aromatic heterocycles. The van der Waals surface area contributed by atoms with E-state index in [0.717, 1.165) is 116 Å². The highest BCUT2D eigenvalue weighted by Gasteiger charge is 2.19. The minimum Gasteiger partial charge on any atom is -0.462 e. The zero-order chi connectivity index (χ0) is 52.9. The predicted octanol–water partition coefficient (Wildman–Crippen LogP) is 20.9. The molecule has 0 heterocycles. The van der Waals surface area contributed by atoms with Crippen LogP contribution in [0.1, 0.15) is 290 Å².